The molecule has 26 heavy (non-hydrogen) atoms. The van der Waals surface area contributed by atoms with E-state index in [9.17, 15) is 17.6 Å². The second-order valence-corrected chi connectivity index (χ2v) is 7.93. The highest BCUT2D eigenvalue weighted by atomic mass is 32.2. The van der Waals surface area contributed by atoms with Crippen molar-refractivity contribution in [2.45, 2.75) is 32.4 Å². The van der Waals surface area contributed by atoms with Gasteiger partial charge in [0.05, 0.1) is 18.0 Å². The van der Waals surface area contributed by atoms with E-state index in [1.54, 1.807) is 6.92 Å². The van der Waals surface area contributed by atoms with Gasteiger partial charge in [-0.2, -0.15) is 0 Å². The van der Waals surface area contributed by atoms with Crippen LogP contribution in [0.15, 0.2) is 54.6 Å². The van der Waals surface area contributed by atoms with E-state index >= 15 is 0 Å². The molecule has 0 aliphatic heterocycles. The molecule has 2 aromatic rings. The van der Waals surface area contributed by atoms with Gasteiger partial charge in [-0.15, -0.1) is 0 Å². The number of para-hydroxylation sites is 1. The molecular formula is C19H23FN2O3S. The number of nitrogens with one attached hydrogen (secondary N) is 1. The van der Waals surface area contributed by atoms with E-state index < -0.39 is 27.8 Å². The maximum atomic E-state index is 14.2. The zero-order valence-corrected chi connectivity index (χ0v) is 15.8. The number of carbonyl (C=O) groups is 1. The number of anilines is 1. The molecule has 2 atom stereocenters. The maximum absolute atomic E-state index is 14.2. The molecule has 0 fully saturated rings. The first kappa shape index (κ1) is 19.9. The van der Waals surface area contributed by atoms with Crippen molar-refractivity contribution in [1.82, 2.24) is 5.32 Å². The molecule has 0 aromatic heterocycles. The van der Waals surface area contributed by atoms with E-state index in [1.165, 1.54) is 24.3 Å². The fraction of sp³-hybridized carbons (Fsp3) is 0.316. The van der Waals surface area contributed by atoms with Crippen molar-refractivity contribution in [2.75, 3.05) is 10.6 Å². The lowest BCUT2D eigenvalue weighted by molar-refractivity contribution is -0.122. The quantitative estimate of drug-likeness (QED) is 0.804. The molecule has 2 aromatic carbocycles. The Bertz CT molecular complexity index is 856. The van der Waals surface area contributed by atoms with Crippen LogP contribution in [0.3, 0.4) is 0 Å². The van der Waals surface area contributed by atoms with Crippen LogP contribution in [0.25, 0.3) is 0 Å². The first-order valence-corrected chi connectivity index (χ1v) is 10.2. The zero-order valence-electron chi connectivity index (χ0n) is 15.0. The summed E-state index contributed by atoms with van der Waals surface area (Å²) in [7, 11) is -3.86. The van der Waals surface area contributed by atoms with Gasteiger partial charge in [0.25, 0.3) is 0 Å². The summed E-state index contributed by atoms with van der Waals surface area (Å²) in [6.07, 6.45) is 1.17. The van der Waals surface area contributed by atoms with Gasteiger partial charge in [-0.1, -0.05) is 49.4 Å². The van der Waals surface area contributed by atoms with Crippen LogP contribution in [-0.4, -0.2) is 26.6 Å². The van der Waals surface area contributed by atoms with Gasteiger partial charge < -0.3 is 5.32 Å². The largest absolute Gasteiger partial charge is 0.348 e. The summed E-state index contributed by atoms with van der Waals surface area (Å²) in [4.78, 5) is 12.8. The van der Waals surface area contributed by atoms with Gasteiger partial charge in [0, 0.05) is 0 Å². The minimum Gasteiger partial charge on any atom is -0.348 e. The third kappa shape index (κ3) is 4.60. The van der Waals surface area contributed by atoms with E-state index in [0.29, 0.717) is 0 Å². The number of nitrogens with zero attached hydrogens (tertiary/aromatic N) is 1. The molecule has 0 radical (unpaired) electrons. The van der Waals surface area contributed by atoms with E-state index in [0.717, 1.165) is 16.1 Å². The maximum Gasteiger partial charge on any atom is 0.244 e. The SMILES string of the molecule is CC[C@@H](C(=O)N[C@@H](C)c1ccccc1)N(c1ccccc1F)S(C)(=O)=O. The number of amides is 1. The van der Waals surface area contributed by atoms with Crippen molar-refractivity contribution < 1.29 is 17.6 Å². The summed E-state index contributed by atoms with van der Waals surface area (Å²) in [5.41, 5.74) is 0.761. The summed E-state index contributed by atoms with van der Waals surface area (Å²) in [6.45, 7) is 3.50. The number of rotatable bonds is 7. The van der Waals surface area contributed by atoms with Gasteiger partial charge >= 0.3 is 0 Å². The summed E-state index contributed by atoms with van der Waals surface area (Å²) >= 11 is 0. The monoisotopic (exact) mass is 378 g/mol. The van der Waals surface area contributed by atoms with Crippen LogP contribution >= 0.6 is 0 Å². The van der Waals surface area contributed by atoms with E-state index in [4.69, 9.17) is 0 Å². The average Bonchev–Trinajstić information content (AvgIpc) is 2.60. The lowest BCUT2D eigenvalue weighted by Gasteiger charge is -2.31. The molecule has 0 bridgehead atoms. The first-order chi connectivity index (χ1) is 12.3. The van der Waals surface area contributed by atoms with Gasteiger partial charge in [-0.05, 0) is 31.0 Å². The first-order valence-electron chi connectivity index (χ1n) is 8.35. The summed E-state index contributed by atoms with van der Waals surface area (Å²) in [5, 5.41) is 2.82. The Kier molecular flexibility index (Phi) is 6.37. The molecule has 0 saturated carbocycles. The lowest BCUT2D eigenvalue weighted by Crippen LogP contribution is -2.50. The third-order valence-electron chi connectivity index (χ3n) is 4.08. The molecule has 1 N–H and O–H groups in total. The molecule has 0 saturated heterocycles. The Morgan fingerprint density at radius 2 is 1.69 bits per heavy atom. The van der Waals surface area contributed by atoms with E-state index in [1.807, 2.05) is 37.3 Å². The Morgan fingerprint density at radius 3 is 2.23 bits per heavy atom. The highest BCUT2D eigenvalue weighted by molar-refractivity contribution is 7.92. The highest BCUT2D eigenvalue weighted by Gasteiger charge is 2.33. The molecule has 0 heterocycles. The van der Waals surface area contributed by atoms with Crippen molar-refractivity contribution in [2.24, 2.45) is 0 Å². The smallest absolute Gasteiger partial charge is 0.244 e. The van der Waals surface area contributed by atoms with Crippen molar-refractivity contribution in [3.63, 3.8) is 0 Å². The van der Waals surface area contributed by atoms with Crippen LogP contribution in [0.2, 0.25) is 0 Å². The summed E-state index contributed by atoms with van der Waals surface area (Å²) < 4.78 is 39.7. The van der Waals surface area contributed by atoms with Gasteiger partial charge in [-0.25, -0.2) is 12.8 Å². The molecule has 0 spiro atoms. The molecule has 1 amide bonds. The third-order valence-corrected chi connectivity index (χ3v) is 5.24. The van der Waals surface area contributed by atoms with Crippen molar-refractivity contribution in [1.29, 1.82) is 0 Å². The van der Waals surface area contributed by atoms with Crippen molar-refractivity contribution >= 4 is 21.6 Å². The van der Waals surface area contributed by atoms with Gasteiger partial charge in [0.15, 0.2) is 0 Å². The van der Waals surface area contributed by atoms with E-state index in [-0.39, 0.29) is 18.2 Å². The second kappa shape index (κ2) is 8.31. The number of hydrogen-bond acceptors (Lipinski definition) is 3. The molecule has 7 heteroatoms. The summed E-state index contributed by atoms with van der Waals surface area (Å²) in [6, 6.07) is 13.5. The zero-order chi connectivity index (χ0) is 19.3. The predicted octanol–water partition coefficient (Wildman–Crippen LogP) is 3.25. The average molecular weight is 378 g/mol. The lowest BCUT2D eigenvalue weighted by atomic mass is 10.1. The Morgan fingerprint density at radius 1 is 1.12 bits per heavy atom. The molecule has 2 rings (SSSR count). The fourth-order valence-electron chi connectivity index (χ4n) is 2.80. The van der Waals surface area contributed by atoms with Crippen LogP contribution < -0.4 is 9.62 Å². The Hall–Kier alpha value is -2.41. The van der Waals surface area contributed by atoms with Crippen molar-refractivity contribution in [3.05, 3.63) is 66.0 Å². The van der Waals surface area contributed by atoms with Gasteiger partial charge in [-0.3, -0.25) is 9.10 Å². The van der Waals surface area contributed by atoms with Crippen LogP contribution in [0.5, 0.6) is 0 Å². The van der Waals surface area contributed by atoms with E-state index in [2.05, 4.69) is 5.32 Å². The van der Waals surface area contributed by atoms with Crippen LogP contribution in [-0.2, 0) is 14.8 Å². The molecule has 5 nitrogen and oxygen atoms in total. The normalized spacial score (nSPS) is 13.7. The highest BCUT2D eigenvalue weighted by Crippen LogP contribution is 2.26. The molecule has 0 aliphatic carbocycles. The second-order valence-electron chi connectivity index (χ2n) is 6.08. The predicted molar refractivity (Wildman–Crippen MR) is 101 cm³/mol. The molecular weight excluding hydrogens is 355 g/mol. The number of benzene rings is 2. The van der Waals surface area contributed by atoms with Gasteiger partial charge in [0.1, 0.15) is 11.9 Å². The number of hydrogen-bond donors (Lipinski definition) is 1. The molecule has 0 unspecified atom stereocenters. The minimum absolute atomic E-state index is 0.135. The molecule has 140 valence electrons. The Balaban J connectivity index is 2.33. The fourth-order valence-corrected chi connectivity index (χ4v) is 4.01. The number of carbonyl (C=O) groups excluding carboxylic acids is 1. The minimum atomic E-state index is -3.86. The van der Waals surface area contributed by atoms with Crippen molar-refractivity contribution in [3.8, 4) is 0 Å². The van der Waals surface area contributed by atoms with Crippen LogP contribution in [0.4, 0.5) is 10.1 Å². The summed E-state index contributed by atoms with van der Waals surface area (Å²) in [5.74, 6) is -1.17. The topological polar surface area (TPSA) is 66.5 Å². The molecule has 0 aliphatic rings. The Labute approximate surface area is 153 Å². The number of sulfonamides is 1. The standard InChI is InChI=1S/C19H23FN2O3S/c1-4-17(19(23)21-14(2)15-10-6-5-7-11-15)22(26(3,24)25)18-13-9-8-12-16(18)20/h5-14,17H,4H2,1-3H3,(H,21,23)/t14-,17-/m0/s1. The van der Waals surface area contributed by atoms with Crippen LogP contribution in [0.1, 0.15) is 31.9 Å². The van der Waals surface area contributed by atoms with Crippen LogP contribution in [0, 0.1) is 5.82 Å². The van der Waals surface area contributed by atoms with Gasteiger partial charge in [0.2, 0.25) is 15.9 Å². The number of halogens is 1.